The molecule has 3 amide bonds. The summed E-state index contributed by atoms with van der Waals surface area (Å²) < 4.78 is 33.4. The molecule has 1 N–H and O–H groups in total. The molecule has 10 heteroatoms. The summed E-state index contributed by atoms with van der Waals surface area (Å²) in [4.78, 5) is 30.7. The number of benzene rings is 2. The highest BCUT2D eigenvalue weighted by molar-refractivity contribution is 7.89. The number of piperidine rings is 1. The lowest BCUT2D eigenvalue weighted by atomic mass is 9.95. The van der Waals surface area contributed by atoms with Crippen LogP contribution in [0.2, 0.25) is 0 Å². The number of rotatable bonds is 11. The number of ether oxygens (including phenoxy) is 1. The van der Waals surface area contributed by atoms with Gasteiger partial charge in [-0.05, 0) is 50.3 Å². The van der Waals surface area contributed by atoms with Crippen molar-refractivity contribution in [2.45, 2.75) is 75.4 Å². The molecule has 2 aromatic carbocycles. The van der Waals surface area contributed by atoms with Crippen molar-refractivity contribution < 1.29 is 22.7 Å². The fraction of sp³-hybridized carbons (Fsp3) is 0.548. The number of sulfonamides is 1. The first kappa shape index (κ1) is 31.0. The minimum atomic E-state index is -3.90. The number of urea groups is 1. The van der Waals surface area contributed by atoms with Crippen molar-refractivity contribution >= 4 is 22.0 Å². The van der Waals surface area contributed by atoms with Crippen molar-refractivity contribution in [3.8, 4) is 0 Å². The maximum Gasteiger partial charge on any atom is 0.317 e. The molecule has 4 rings (SSSR count). The van der Waals surface area contributed by atoms with Crippen LogP contribution in [-0.2, 0) is 26.1 Å². The SMILES string of the molecule is COCCN(CC(=O)N(Cc1ccc(C)cc1)C1CCN(C(=O)NC2CCCCC2)CC1)S(=O)(=O)c1ccccc1. The van der Waals surface area contributed by atoms with Crippen LogP contribution in [0.25, 0.3) is 0 Å². The fourth-order valence-electron chi connectivity index (χ4n) is 5.67. The summed E-state index contributed by atoms with van der Waals surface area (Å²) >= 11 is 0. The Hall–Kier alpha value is -2.95. The molecule has 1 aliphatic carbocycles. The molecular weight excluding hydrogens is 540 g/mol. The van der Waals surface area contributed by atoms with E-state index in [1.54, 1.807) is 23.1 Å². The van der Waals surface area contributed by atoms with Crippen molar-refractivity contribution in [2.24, 2.45) is 0 Å². The van der Waals surface area contributed by atoms with E-state index in [1.807, 2.05) is 36.1 Å². The highest BCUT2D eigenvalue weighted by atomic mass is 32.2. The van der Waals surface area contributed by atoms with Crippen LogP contribution in [0.3, 0.4) is 0 Å². The van der Waals surface area contributed by atoms with Crippen LogP contribution in [0.4, 0.5) is 4.79 Å². The summed E-state index contributed by atoms with van der Waals surface area (Å²) in [7, 11) is -2.39. The molecule has 0 atom stereocenters. The van der Waals surface area contributed by atoms with Gasteiger partial charge in [-0.1, -0.05) is 67.3 Å². The van der Waals surface area contributed by atoms with Crippen molar-refractivity contribution in [2.75, 3.05) is 39.9 Å². The van der Waals surface area contributed by atoms with E-state index in [9.17, 15) is 18.0 Å². The molecule has 9 nitrogen and oxygen atoms in total. The largest absolute Gasteiger partial charge is 0.383 e. The number of hydrogen-bond donors (Lipinski definition) is 1. The Morgan fingerprint density at radius 2 is 1.61 bits per heavy atom. The highest BCUT2D eigenvalue weighted by Gasteiger charge is 2.33. The zero-order chi connectivity index (χ0) is 29.2. The molecule has 2 aliphatic rings. The van der Waals surface area contributed by atoms with E-state index < -0.39 is 10.0 Å². The minimum absolute atomic E-state index is 0.0218. The number of likely N-dealkylation sites (tertiary alicyclic amines) is 1. The average Bonchev–Trinajstić information content (AvgIpc) is 2.99. The normalized spacial score (nSPS) is 17.0. The molecule has 0 unspecified atom stereocenters. The number of amides is 3. The molecule has 1 aliphatic heterocycles. The van der Waals surface area contributed by atoms with Gasteiger partial charge >= 0.3 is 6.03 Å². The molecular formula is C31H44N4O5S. The Morgan fingerprint density at radius 1 is 0.951 bits per heavy atom. The summed E-state index contributed by atoms with van der Waals surface area (Å²) in [5.41, 5.74) is 2.11. The first-order chi connectivity index (χ1) is 19.8. The Bertz CT molecular complexity index is 1220. The average molecular weight is 585 g/mol. The van der Waals surface area contributed by atoms with Gasteiger partial charge in [-0.3, -0.25) is 4.79 Å². The monoisotopic (exact) mass is 584 g/mol. The molecule has 0 aromatic heterocycles. The standard InChI is InChI=1S/C31H44N4O5S/c1-25-13-15-26(16-14-25)23-35(28-17-19-33(20-18-28)31(37)32-27-9-5-3-6-10-27)30(36)24-34(21-22-40-2)41(38,39)29-11-7-4-8-12-29/h4,7-8,11-16,27-28H,3,5-6,9-10,17-24H2,1-2H3,(H,32,37). The predicted molar refractivity (Wildman–Crippen MR) is 159 cm³/mol. The van der Waals surface area contributed by atoms with Crippen LogP contribution in [0.15, 0.2) is 59.5 Å². The Kier molecular flexibility index (Phi) is 11.2. The molecule has 2 fully saturated rings. The van der Waals surface area contributed by atoms with E-state index in [0.717, 1.165) is 36.8 Å². The van der Waals surface area contributed by atoms with E-state index in [1.165, 1.54) is 30.0 Å². The molecule has 41 heavy (non-hydrogen) atoms. The van der Waals surface area contributed by atoms with Crippen molar-refractivity contribution in [1.29, 1.82) is 0 Å². The van der Waals surface area contributed by atoms with Gasteiger partial charge in [0.15, 0.2) is 0 Å². The van der Waals surface area contributed by atoms with Gasteiger partial charge in [0, 0.05) is 45.4 Å². The minimum Gasteiger partial charge on any atom is -0.383 e. The quantitative estimate of drug-likeness (QED) is 0.428. The molecule has 2 aromatic rings. The van der Waals surface area contributed by atoms with E-state index in [4.69, 9.17) is 4.74 Å². The second-order valence-electron chi connectivity index (χ2n) is 11.2. The number of carbonyl (C=O) groups is 2. The van der Waals surface area contributed by atoms with Crippen molar-refractivity contribution in [1.82, 2.24) is 19.4 Å². The van der Waals surface area contributed by atoms with Gasteiger partial charge in [-0.2, -0.15) is 4.31 Å². The summed E-state index contributed by atoms with van der Waals surface area (Å²) in [5, 5.41) is 3.20. The molecule has 0 bridgehead atoms. The number of nitrogens with one attached hydrogen (secondary N) is 1. The van der Waals surface area contributed by atoms with E-state index >= 15 is 0 Å². The lowest BCUT2D eigenvalue weighted by molar-refractivity contribution is -0.135. The predicted octanol–water partition coefficient (Wildman–Crippen LogP) is 4.17. The summed E-state index contributed by atoms with van der Waals surface area (Å²) in [5.74, 6) is -0.258. The molecule has 1 saturated carbocycles. The van der Waals surface area contributed by atoms with Gasteiger partial charge in [-0.25, -0.2) is 13.2 Å². The van der Waals surface area contributed by atoms with E-state index in [2.05, 4.69) is 5.32 Å². The van der Waals surface area contributed by atoms with Crippen LogP contribution >= 0.6 is 0 Å². The van der Waals surface area contributed by atoms with Gasteiger partial charge in [0.05, 0.1) is 18.0 Å². The molecule has 1 saturated heterocycles. The van der Waals surface area contributed by atoms with Crippen LogP contribution < -0.4 is 5.32 Å². The summed E-state index contributed by atoms with van der Waals surface area (Å²) in [6.07, 6.45) is 6.89. The third kappa shape index (κ3) is 8.53. The number of hydrogen-bond acceptors (Lipinski definition) is 5. The van der Waals surface area contributed by atoms with E-state index in [-0.39, 0.29) is 48.6 Å². The molecule has 0 spiro atoms. The lowest BCUT2D eigenvalue weighted by Crippen LogP contribution is -2.53. The lowest BCUT2D eigenvalue weighted by Gasteiger charge is -2.40. The Morgan fingerprint density at radius 3 is 2.24 bits per heavy atom. The fourth-order valence-corrected chi connectivity index (χ4v) is 7.06. The van der Waals surface area contributed by atoms with Gasteiger partial charge in [0.1, 0.15) is 0 Å². The zero-order valence-electron chi connectivity index (χ0n) is 24.3. The van der Waals surface area contributed by atoms with Crippen LogP contribution in [0.5, 0.6) is 0 Å². The maximum atomic E-state index is 13.9. The smallest absolute Gasteiger partial charge is 0.317 e. The highest BCUT2D eigenvalue weighted by Crippen LogP contribution is 2.23. The van der Waals surface area contributed by atoms with Gasteiger partial charge < -0.3 is 19.9 Å². The second-order valence-corrected chi connectivity index (χ2v) is 13.1. The first-order valence-electron chi connectivity index (χ1n) is 14.7. The van der Waals surface area contributed by atoms with Gasteiger partial charge in [-0.15, -0.1) is 0 Å². The number of methoxy groups -OCH3 is 1. The van der Waals surface area contributed by atoms with Crippen LogP contribution in [0, 0.1) is 6.92 Å². The van der Waals surface area contributed by atoms with Gasteiger partial charge in [0.2, 0.25) is 15.9 Å². The Balaban J connectivity index is 1.48. The Labute approximate surface area is 244 Å². The van der Waals surface area contributed by atoms with Crippen molar-refractivity contribution in [3.63, 3.8) is 0 Å². The van der Waals surface area contributed by atoms with E-state index in [0.29, 0.717) is 32.5 Å². The van der Waals surface area contributed by atoms with Crippen LogP contribution in [-0.4, -0.2) is 86.4 Å². The number of nitrogens with zero attached hydrogens (tertiary/aromatic N) is 3. The van der Waals surface area contributed by atoms with Crippen molar-refractivity contribution in [3.05, 3.63) is 65.7 Å². The number of aryl methyl sites for hydroxylation is 1. The molecule has 1 heterocycles. The first-order valence-corrected chi connectivity index (χ1v) is 16.2. The maximum absolute atomic E-state index is 13.9. The molecule has 224 valence electrons. The second kappa shape index (κ2) is 14.8. The zero-order valence-corrected chi connectivity index (χ0v) is 25.2. The van der Waals surface area contributed by atoms with Gasteiger partial charge in [0.25, 0.3) is 0 Å². The molecule has 0 radical (unpaired) electrons. The topological polar surface area (TPSA) is 99.3 Å². The third-order valence-electron chi connectivity index (χ3n) is 8.16. The summed E-state index contributed by atoms with van der Waals surface area (Å²) in [6.45, 7) is 3.45. The van der Waals surface area contributed by atoms with Crippen LogP contribution in [0.1, 0.15) is 56.1 Å². The summed E-state index contributed by atoms with van der Waals surface area (Å²) in [6, 6.07) is 16.3. The number of carbonyl (C=O) groups excluding carboxylic acids is 2. The third-order valence-corrected chi connectivity index (χ3v) is 10.0.